The van der Waals surface area contributed by atoms with Crippen molar-refractivity contribution in [1.82, 2.24) is 14.1 Å². The number of anilines is 1. The van der Waals surface area contributed by atoms with Gasteiger partial charge in [0.2, 0.25) is 15.9 Å². The molecule has 0 fully saturated rings. The number of rotatable bonds is 6. The molecule has 0 saturated carbocycles. The van der Waals surface area contributed by atoms with Crippen LogP contribution in [0.1, 0.15) is 0 Å². The van der Waals surface area contributed by atoms with Crippen molar-refractivity contribution in [1.29, 1.82) is 0 Å². The van der Waals surface area contributed by atoms with E-state index in [4.69, 9.17) is 23.2 Å². The molecule has 0 atom stereocenters. The molecule has 0 spiro atoms. The van der Waals surface area contributed by atoms with Crippen LogP contribution in [-0.2, 0) is 14.8 Å². The Hall–Kier alpha value is -2.39. The SMILES string of the molecule is CN(CC(=O)Nc1cc(Cl)ccc1-n1cccn1)S(=O)(=O)c1ccc(Cl)cc1. The Bertz CT molecular complexity index is 1080. The smallest absolute Gasteiger partial charge is 0.243 e. The minimum atomic E-state index is -3.83. The summed E-state index contributed by atoms with van der Waals surface area (Å²) in [7, 11) is -2.51. The molecule has 7 nitrogen and oxygen atoms in total. The highest BCUT2D eigenvalue weighted by molar-refractivity contribution is 7.89. The summed E-state index contributed by atoms with van der Waals surface area (Å²) < 4.78 is 27.7. The molecule has 0 unspecified atom stereocenters. The van der Waals surface area contributed by atoms with Crippen molar-refractivity contribution in [2.45, 2.75) is 4.90 Å². The first-order chi connectivity index (χ1) is 13.3. The zero-order valence-electron chi connectivity index (χ0n) is 14.7. The number of hydrogen-bond acceptors (Lipinski definition) is 4. The molecular weight excluding hydrogens is 423 g/mol. The van der Waals surface area contributed by atoms with E-state index >= 15 is 0 Å². The highest BCUT2D eigenvalue weighted by Crippen LogP contribution is 2.24. The number of hydrogen-bond donors (Lipinski definition) is 1. The van der Waals surface area contributed by atoms with Gasteiger partial charge in [0.1, 0.15) is 0 Å². The number of carbonyl (C=O) groups excluding carboxylic acids is 1. The maximum atomic E-state index is 12.6. The second-order valence-corrected chi connectivity index (χ2v) is 8.79. The molecule has 1 aromatic heterocycles. The summed E-state index contributed by atoms with van der Waals surface area (Å²) in [6.07, 6.45) is 3.32. The van der Waals surface area contributed by atoms with Gasteiger partial charge in [0.05, 0.1) is 22.8 Å². The molecule has 1 amide bonds. The molecule has 146 valence electrons. The molecule has 1 heterocycles. The van der Waals surface area contributed by atoms with Gasteiger partial charge in [-0.25, -0.2) is 13.1 Å². The lowest BCUT2D eigenvalue weighted by atomic mass is 10.2. The zero-order valence-corrected chi connectivity index (χ0v) is 17.0. The summed E-state index contributed by atoms with van der Waals surface area (Å²) in [6, 6.07) is 12.4. The Kier molecular flexibility index (Phi) is 6.04. The van der Waals surface area contributed by atoms with Crippen molar-refractivity contribution in [2.75, 3.05) is 18.9 Å². The quantitative estimate of drug-likeness (QED) is 0.638. The predicted molar refractivity (Wildman–Crippen MR) is 108 cm³/mol. The summed E-state index contributed by atoms with van der Waals surface area (Å²) in [5, 5.41) is 7.68. The molecule has 0 aliphatic carbocycles. The Balaban J connectivity index is 1.77. The summed E-state index contributed by atoms with van der Waals surface area (Å²) in [5.41, 5.74) is 1.02. The van der Waals surface area contributed by atoms with Crippen LogP contribution in [0.15, 0.2) is 65.8 Å². The van der Waals surface area contributed by atoms with E-state index in [1.807, 2.05) is 0 Å². The number of aromatic nitrogens is 2. The average molecular weight is 439 g/mol. The Morgan fingerprint density at radius 1 is 1.14 bits per heavy atom. The van der Waals surface area contributed by atoms with Crippen molar-refractivity contribution in [2.24, 2.45) is 0 Å². The number of benzene rings is 2. The van der Waals surface area contributed by atoms with Crippen LogP contribution in [0, 0.1) is 0 Å². The molecule has 1 N–H and O–H groups in total. The minimum Gasteiger partial charge on any atom is -0.323 e. The molecular formula is C18H16Cl2N4O3S. The number of sulfonamides is 1. The van der Waals surface area contributed by atoms with E-state index in [9.17, 15) is 13.2 Å². The highest BCUT2D eigenvalue weighted by Gasteiger charge is 2.23. The number of likely N-dealkylation sites (N-methyl/N-ethyl adjacent to an activating group) is 1. The second kappa shape index (κ2) is 8.32. The van der Waals surface area contributed by atoms with Gasteiger partial charge in [0.15, 0.2) is 0 Å². The molecule has 0 bridgehead atoms. The molecule has 3 rings (SSSR count). The van der Waals surface area contributed by atoms with Crippen LogP contribution in [0.5, 0.6) is 0 Å². The number of amides is 1. The molecule has 0 aliphatic heterocycles. The number of nitrogens with zero attached hydrogens (tertiary/aromatic N) is 3. The van der Waals surface area contributed by atoms with Crippen LogP contribution in [0.25, 0.3) is 5.69 Å². The van der Waals surface area contributed by atoms with Crippen molar-refractivity contribution in [3.05, 3.63) is 71.0 Å². The van der Waals surface area contributed by atoms with E-state index in [-0.39, 0.29) is 11.4 Å². The molecule has 0 radical (unpaired) electrons. The fourth-order valence-electron chi connectivity index (χ4n) is 2.48. The van der Waals surface area contributed by atoms with Gasteiger partial charge in [-0.3, -0.25) is 4.79 Å². The van der Waals surface area contributed by atoms with Gasteiger partial charge in [0, 0.05) is 29.5 Å². The summed E-state index contributed by atoms with van der Waals surface area (Å²) in [5.74, 6) is -0.518. The van der Waals surface area contributed by atoms with Gasteiger partial charge in [0.25, 0.3) is 0 Å². The van der Waals surface area contributed by atoms with Gasteiger partial charge < -0.3 is 5.32 Å². The first-order valence-corrected chi connectivity index (χ1v) is 10.3. The first kappa shape index (κ1) is 20.3. The van der Waals surface area contributed by atoms with E-state index in [0.29, 0.717) is 21.4 Å². The predicted octanol–water partition coefficient (Wildman–Crippen LogP) is 3.44. The van der Waals surface area contributed by atoms with E-state index in [2.05, 4.69) is 10.4 Å². The Morgan fingerprint density at radius 3 is 2.46 bits per heavy atom. The maximum Gasteiger partial charge on any atom is 0.243 e. The summed E-state index contributed by atoms with van der Waals surface area (Å²) in [4.78, 5) is 12.5. The largest absolute Gasteiger partial charge is 0.323 e. The van der Waals surface area contributed by atoms with Crippen molar-refractivity contribution < 1.29 is 13.2 Å². The lowest BCUT2D eigenvalue weighted by molar-refractivity contribution is -0.116. The molecule has 10 heteroatoms. The van der Waals surface area contributed by atoms with Crippen LogP contribution < -0.4 is 5.32 Å². The molecule has 0 aliphatic rings. The van der Waals surface area contributed by atoms with Crippen LogP contribution in [0.4, 0.5) is 5.69 Å². The van der Waals surface area contributed by atoms with E-state index in [0.717, 1.165) is 4.31 Å². The maximum absolute atomic E-state index is 12.6. The molecule has 28 heavy (non-hydrogen) atoms. The van der Waals surface area contributed by atoms with Gasteiger partial charge >= 0.3 is 0 Å². The Labute approximate surface area is 172 Å². The van der Waals surface area contributed by atoms with Gasteiger partial charge in [-0.15, -0.1) is 0 Å². The van der Waals surface area contributed by atoms with Gasteiger partial charge in [-0.2, -0.15) is 9.40 Å². The van der Waals surface area contributed by atoms with Crippen molar-refractivity contribution in [3.63, 3.8) is 0 Å². The standard InChI is InChI=1S/C18H16Cl2N4O3S/c1-23(28(26,27)15-6-3-13(19)4-7-15)12-18(25)22-16-11-14(20)5-8-17(16)24-10-2-9-21-24/h2-11H,12H2,1H3,(H,22,25). The fourth-order valence-corrected chi connectivity index (χ4v) is 3.91. The number of carbonyl (C=O) groups is 1. The van der Waals surface area contributed by atoms with Crippen LogP contribution in [0.3, 0.4) is 0 Å². The fraction of sp³-hybridized carbons (Fsp3) is 0.111. The van der Waals surface area contributed by atoms with Gasteiger partial charge in [-0.05, 0) is 48.5 Å². The molecule has 3 aromatic rings. The van der Waals surface area contributed by atoms with E-state index < -0.39 is 15.9 Å². The topological polar surface area (TPSA) is 84.3 Å². The zero-order chi connectivity index (χ0) is 20.3. The Morgan fingerprint density at radius 2 is 1.82 bits per heavy atom. The average Bonchev–Trinajstić information content (AvgIpc) is 3.16. The lowest BCUT2D eigenvalue weighted by Crippen LogP contribution is -2.35. The van der Waals surface area contributed by atoms with Gasteiger partial charge in [-0.1, -0.05) is 23.2 Å². The number of nitrogens with one attached hydrogen (secondary N) is 1. The molecule has 2 aromatic carbocycles. The monoisotopic (exact) mass is 438 g/mol. The third kappa shape index (κ3) is 4.53. The normalized spacial score (nSPS) is 11.6. The third-order valence-electron chi connectivity index (χ3n) is 3.87. The highest BCUT2D eigenvalue weighted by atomic mass is 35.5. The second-order valence-electron chi connectivity index (χ2n) is 5.88. The first-order valence-electron chi connectivity index (χ1n) is 8.09. The van der Waals surface area contributed by atoms with Crippen LogP contribution in [-0.4, -0.2) is 42.0 Å². The van der Waals surface area contributed by atoms with Crippen molar-refractivity contribution >= 4 is 44.8 Å². The van der Waals surface area contributed by atoms with Crippen molar-refractivity contribution in [3.8, 4) is 5.69 Å². The van der Waals surface area contributed by atoms with E-state index in [1.54, 1.807) is 41.3 Å². The minimum absolute atomic E-state index is 0.0483. The number of halogens is 2. The van der Waals surface area contributed by atoms with E-state index in [1.165, 1.54) is 31.3 Å². The summed E-state index contributed by atoms with van der Waals surface area (Å²) >= 11 is 11.8. The lowest BCUT2D eigenvalue weighted by Gasteiger charge is -2.18. The third-order valence-corrected chi connectivity index (χ3v) is 6.18. The summed E-state index contributed by atoms with van der Waals surface area (Å²) in [6.45, 7) is -0.379. The molecule has 0 saturated heterocycles. The van der Waals surface area contributed by atoms with Crippen LogP contribution >= 0.6 is 23.2 Å². The van der Waals surface area contributed by atoms with Crippen LogP contribution in [0.2, 0.25) is 10.0 Å².